The molecular formula is C18H24N4O2. The number of nitrogens with zero attached hydrogens (tertiary/aromatic N) is 2. The van der Waals surface area contributed by atoms with Crippen LogP contribution in [0.4, 0.5) is 17.5 Å². The van der Waals surface area contributed by atoms with Crippen molar-refractivity contribution in [1.82, 2.24) is 9.97 Å². The third-order valence-corrected chi connectivity index (χ3v) is 4.28. The number of aliphatic hydroxyl groups excluding tert-OH is 1. The largest absolute Gasteiger partial charge is 0.477 e. The second kappa shape index (κ2) is 7.97. The van der Waals surface area contributed by atoms with E-state index in [2.05, 4.69) is 15.3 Å². The lowest BCUT2D eigenvalue weighted by atomic mass is 9.90. The minimum Gasteiger partial charge on any atom is -0.477 e. The van der Waals surface area contributed by atoms with Gasteiger partial charge < -0.3 is 20.9 Å². The Morgan fingerprint density at radius 3 is 2.79 bits per heavy atom. The van der Waals surface area contributed by atoms with Gasteiger partial charge in [-0.15, -0.1) is 0 Å². The van der Waals surface area contributed by atoms with Gasteiger partial charge in [-0.2, -0.15) is 9.97 Å². The lowest BCUT2D eigenvalue weighted by molar-refractivity contribution is 0.203. The van der Waals surface area contributed by atoms with E-state index in [-0.39, 0.29) is 6.61 Å². The van der Waals surface area contributed by atoms with Crippen molar-refractivity contribution in [3.8, 4) is 5.88 Å². The maximum Gasteiger partial charge on any atom is 0.232 e. The van der Waals surface area contributed by atoms with Crippen LogP contribution >= 0.6 is 0 Å². The summed E-state index contributed by atoms with van der Waals surface area (Å²) in [5.74, 6) is 1.86. The quantitative estimate of drug-likeness (QED) is 0.753. The molecular weight excluding hydrogens is 304 g/mol. The number of nitrogens with two attached hydrogens (primary N) is 1. The summed E-state index contributed by atoms with van der Waals surface area (Å²) in [5.41, 5.74) is 7.48. The first-order chi connectivity index (χ1) is 11.7. The Kier molecular flexibility index (Phi) is 5.48. The van der Waals surface area contributed by atoms with Crippen LogP contribution in [0.5, 0.6) is 5.88 Å². The van der Waals surface area contributed by atoms with Crippen LogP contribution in [0.25, 0.3) is 0 Å². The first-order valence-corrected chi connectivity index (χ1v) is 8.47. The SMILES string of the molecule is Nc1cc(OCC2CCCCC2)nc(Nc2cccc(CO)c2)n1. The molecule has 2 aromatic rings. The Hall–Kier alpha value is -2.34. The smallest absolute Gasteiger partial charge is 0.232 e. The monoisotopic (exact) mass is 328 g/mol. The molecule has 1 aromatic heterocycles. The summed E-state index contributed by atoms with van der Waals surface area (Å²) >= 11 is 0. The van der Waals surface area contributed by atoms with Crippen molar-refractivity contribution >= 4 is 17.5 Å². The maximum atomic E-state index is 9.21. The number of aromatic nitrogens is 2. The Labute approximate surface area is 142 Å². The van der Waals surface area contributed by atoms with Crippen molar-refractivity contribution in [3.05, 3.63) is 35.9 Å². The van der Waals surface area contributed by atoms with Gasteiger partial charge in [-0.1, -0.05) is 31.4 Å². The van der Waals surface area contributed by atoms with E-state index >= 15 is 0 Å². The van der Waals surface area contributed by atoms with Gasteiger partial charge in [0.25, 0.3) is 0 Å². The number of benzene rings is 1. The van der Waals surface area contributed by atoms with Gasteiger partial charge in [-0.05, 0) is 36.5 Å². The van der Waals surface area contributed by atoms with Crippen LogP contribution in [-0.4, -0.2) is 21.7 Å². The van der Waals surface area contributed by atoms with E-state index in [1.165, 1.54) is 32.1 Å². The summed E-state index contributed by atoms with van der Waals surface area (Å²) in [7, 11) is 0. The van der Waals surface area contributed by atoms with E-state index < -0.39 is 0 Å². The van der Waals surface area contributed by atoms with Crippen LogP contribution in [0.15, 0.2) is 30.3 Å². The highest BCUT2D eigenvalue weighted by Crippen LogP contribution is 2.25. The van der Waals surface area contributed by atoms with E-state index in [1.54, 1.807) is 6.07 Å². The van der Waals surface area contributed by atoms with Crippen molar-refractivity contribution in [2.24, 2.45) is 5.92 Å². The van der Waals surface area contributed by atoms with Crippen molar-refractivity contribution in [2.45, 2.75) is 38.7 Å². The van der Waals surface area contributed by atoms with Crippen molar-refractivity contribution in [1.29, 1.82) is 0 Å². The predicted octanol–water partition coefficient (Wildman–Crippen LogP) is 3.25. The third-order valence-electron chi connectivity index (χ3n) is 4.28. The van der Waals surface area contributed by atoms with Crippen molar-refractivity contribution in [2.75, 3.05) is 17.7 Å². The molecule has 0 unspecified atom stereocenters. The van der Waals surface area contributed by atoms with E-state index in [9.17, 15) is 5.11 Å². The van der Waals surface area contributed by atoms with E-state index in [0.717, 1.165) is 11.3 Å². The van der Waals surface area contributed by atoms with Crippen molar-refractivity contribution in [3.63, 3.8) is 0 Å². The van der Waals surface area contributed by atoms with Gasteiger partial charge in [0.15, 0.2) is 0 Å². The molecule has 0 aliphatic heterocycles. The molecule has 6 heteroatoms. The lowest BCUT2D eigenvalue weighted by Crippen LogP contribution is -2.16. The molecule has 1 fully saturated rings. The molecule has 3 rings (SSSR count). The second-order valence-corrected chi connectivity index (χ2v) is 6.25. The van der Waals surface area contributed by atoms with Gasteiger partial charge in [-0.25, -0.2) is 0 Å². The maximum absolute atomic E-state index is 9.21. The molecule has 4 N–H and O–H groups in total. The molecule has 1 aliphatic carbocycles. The van der Waals surface area contributed by atoms with E-state index in [1.807, 2.05) is 24.3 Å². The minimum absolute atomic E-state index is 0.0109. The van der Waals surface area contributed by atoms with Crippen LogP contribution in [-0.2, 0) is 6.61 Å². The Morgan fingerprint density at radius 1 is 1.17 bits per heavy atom. The number of nitrogen functional groups attached to an aromatic ring is 1. The Morgan fingerprint density at radius 2 is 2.00 bits per heavy atom. The average Bonchev–Trinajstić information content (AvgIpc) is 2.60. The average molecular weight is 328 g/mol. The predicted molar refractivity (Wildman–Crippen MR) is 94.2 cm³/mol. The molecule has 0 saturated heterocycles. The van der Waals surface area contributed by atoms with Gasteiger partial charge in [0, 0.05) is 11.8 Å². The van der Waals surface area contributed by atoms with Crippen LogP contribution in [0.2, 0.25) is 0 Å². The van der Waals surface area contributed by atoms with Crippen LogP contribution in [0.1, 0.15) is 37.7 Å². The first-order valence-electron chi connectivity index (χ1n) is 8.47. The van der Waals surface area contributed by atoms with Gasteiger partial charge in [0.2, 0.25) is 11.8 Å². The zero-order valence-electron chi connectivity index (χ0n) is 13.7. The van der Waals surface area contributed by atoms with Crippen molar-refractivity contribution < 1.29 is 9.84 Å². The molecule has 24 heavy (non-hydrogen) atoms. The van der Waals surface area contributed by atoms with Gasteiger partial charge in [0.1, 0.15) is 5.82 Å². The highest BCUT2D eigenvalue weighted by molar-refractivity contribution is 5.56. The number of hydrogen-bond donors (Lipinski definition) is 3. The summed E-state index contributed by atoms with van der Waals surface area (Å²) in [5, 5.41) is 12.3. The standard InChI is InChI=1S/C18H24N4O2/c19-16-10-17(24-12-13-5-2-1-3-6-13)22-18(21-16)20-15-8-4-7-14(9-15)11-23/h4,7-10,13,23H,1-3,5-6,11-12H2,(H3,19,20,21,22). The number of hydrogen-bond acceptors (Lipinski definition) is 6. The molecule has 0 radical (unpaired) electrons. The van der Waals surface area contributed by atoms with Crippen LogP contribution in [0.3, 0.4) is 0 Å². The van der Waals surface area contributed by atoms with Crippen LogP contribution in [0, 0.1) is 5.92 Å². The van der Waals surface area contributed by atoms with Gasteiger partial charge in [0.05, 0.1) is 13.2 Å². The third kappa shape index (κ3) is 4.58. The summed E-state index contributed by atoms with van der Waals surface area (Å²) in [6.07, 6.45) is 6.35. The molecule has 0 spiro atoms. The number of nitrogens with one attached hydrogen (secondary N) is 1. The highest BCUT2D eigenvalue weighted by atomic mass is 16.5. The van der Waals surface area contributed by atoms with E-state index in [4.69, 9.17) is 10.5 Å². The zero-order chi connectivity index (χ0) is 16.8. The molecule has 1 saturated carbocycles. The normalized spacial score (nSPS) is 15.2. The fraction of sp³-hybridized carbons (Fsp3) is 0.444. The molecule has 1 aromatic carbocycles. The Bertz CT molecular complexity index is 672. The van der Waals surface area contributed by atoms with E-state index in [0.29, 0.717) is 30.2 Å². The molecule has 0 bridgehead atoms. The van der Waals surface area contributed by atoms with Crippen LogP contribution < -0.4 is 15.8 Å². The fourth-order valence-electron chi connectivity index (χ4n) is 3.01. The second-order valence-electron chi connectivity index (χ2n) is 6.25. The number of anilines is 3. The number of aliphatic hydroxyl groups is 1. The molecule has 1 aliphatic rings. The summed E-state index contributed by atoms with van der Waals surface area (Å²) < 4.78 is 5.84. The zero-order valence-corrected chi connectivity index (χ0v) is 13.7. The number of ether oxygens (including phenoxy) is 1. The molecule has 0 amide bonds. The molecule has 1 heterocycles. The summed E-state index contributed by atoms with van der Waals surface area (Å²) in [6.45, 7) is 0.666. The summed E-state index contributed by atoms with van der Waals surface area (Å²) in [4.78, 5) is 8.57. The topological polar surface area (TPSA) is 93.3 Å². The lowest BCUT2D eigenvalue weighted by Gasteiger charge is -2.21. The molecule has 0 atom stereocenters. The fourth-order valence-corrected chi connectivity index (χ4v) is 3.01. The first kappa shape index (κ1) is 16.5. The van der Waals surface area contributed by atoms with Gasteiger partial charge >= 0.3 is 0 Å². The molecule has 128 valence electrons. The highest BCUT2D eigenvalue weighted by Gasteiger charge is 2.15. The number of rotatable bonds is 6. The summed E-state index contributed by atoms with van der Waals surface area (Å²) in [6, 6.07) is 9.09. The van der Waals surface area contributed by atoms with Gasteiger partial charge in [-0.3, -0.25) is 0 Å². The minimum atomic E-state index is -0.0109. The molecule has 6 nitrogen and oxygen atoms in total. The Balaban J connectivity index is 1.66.